The summed E-state index contributed by atoms with van der Waals surface area (Å²) in [4.78, 5) is 22.6. The summed E-state index contributed by atoms with van der Waals surface area (Å²) in [5.74, 6) is -0.312. The molecule has 14 heteroatoms. The van der Waals surface area contributed by atoms with Crippen LogP contribution >= 0.6 is 22.7 Å². The molecule has 0 aliphatic carbocycles. The zero-order valence-electron chi connectivity index (χ0n) is 20.3. The van der Waals surface area contributed by atoms with Crippen LogP contribution in [0.15, 0.2) is 44.8 Å². The fourth-order valence-electron chi connectivity index (χ4n) is 4.59. The predicted molar refractivity (Wildman–Crippen MR) is 144 cm³/mol. The SMILES string of the molecule is CS(=O)(=O)c1ccc2nc(N(CCN3CCOCC3)C(=O)C3CCCN3S(=O)(=O)c3cccs3)sc2c1. The highest BCUT2D eigenvalue weighted by atomic mass is 32.2. The normalized spacial score (nSPS) is 20.0. The number of ether oxygens (including phenoxy) is 1. The molecule has 3 aromatic rings. The number of hydrogen-bond donors (Lipinski definition) is 0. The van der Waals surface area contributed by atoms with E-state index in [9.17, 15) is 21.6 Å². The number of benzene rings is 1. The van der Waals surface area contributed by atoms with Crippen molar-refractivity contribution in [3.63, 3.8) is 0 Å². The fraction of sp³-hybridized carbons (Fsp3) is 0.478. The van der Waals surface area contributed by atoms with Crippen molar-refractivity contribution in [2.75, 3.05) is 57.1 Å². The lowest BCUT2D eigenvalue weighted by Crippen LogP contribution is -2.50. The number of thiazole rings is 1. The Balaban J connectivity index is 1.47. The number of amides is 1. The van der Waals surface area contributed by atoms with Gasteiger partial charge in [-0.05, 0) is 42.5 Å². The minimum atomic E-state index is -3.79. The summed E-state index contributed by atoms with van der Waals surface area (Å²) in [6.45, 7) is 3.96. The van der Waals surface area contributed by atoms with E-state index >= 15 is 0 Å². The second-order valence-electron chi connectivity index (χ2n) is 9.05. The maximum atomic E-state index is 14.0. The predicted octanol–water partition coefficient (Wildman–Crippen LogP) is 2.28. The standard InChI is InChI=1S/C23H28N4O6S4/c1-36(29,30)17-6-7-18-20(16-17)35-23(24-18)26(10-9-25-11-13-33-14-12-25)22(28)19-4-2-8-27(19)37(31,32)21-5-3-15-34-21/h3,5-7,15-16,19H,2,4,8-14H2,1H3. The van der Waals surface area contributed by atoms with Crippen LogP contribution in [0.1, 0.15) is 12.8 Å². The number of sulfone groups is 1. The Bertz CT molecular complexity index is 1480. The molecule has 1 amide bonds. The van der Waals surface area contributed by atoms with Crippen LogP contribution in [0.4, 0.5) is 5.13 Å². The minimum Gasteiger partial charge on any atom is -0.379 e. The van der Waals surface area contributed by atoms with Crippen molar-refractivity contribution in [2.45, 2.75) is 28.0 Å². The molecule has 2 aromatic heterocycles. The fourth-order valence-corrected chi connectivity index (χ4v) is 9.11. The van der Waals surface area contributed by atoms with Crippen LogP contribution in [0.2, 0.25) is 0 Å². The van der Waals surface area contributed by atoms with E-state index in [4.69, 9.17) is 4.74 Å². The van der Waals surface area contributed by atoms with Gasteiger partial charge in [-0.1, -0.05) is 17.4 Å². The van der Waals surface area contributed by atoms with Crippen LogP contribution in [-0.4, -0.2) is 95.2 Å². The van der Waals surface area contributed by atoms with Crippen LogP contribution < -0.4 is 4.90 Å². The first-order valence-corrected chi connectivity index (χ1v) is 16.9. The molecule has 200 valence electrons. The van der Waals surface area contributed by atoms with E-state index in [1.165, 1.54) is 21.7 Å². The van der Waals surface area contributed by atoms with E-state index in [0.717, 1.165) is 30.7 Å². The third-order valence-corrected chi connectivity index (χ3v) is 12.0. The summed E-state index contributed by atoms with van der Waals surface area (Å²) in [7, 11) is -7.19. The number of nitrogens with zero attached hydrogens (tertiary/aromatic N) is 4. The van der Waals surface area contributed by atoms with Gasteiger partial charge in [-0.25, -0.2) is 21.8 Å². The van der Waals surface area contributed by atoms with Crippen molar-refractivity contribution < 1.29 is 26.4 Å². The topological polar surface area (TPSA) is 117 Å². The Morgan fingerprint density at radius 2 is 1.95 bits per heavy atom. The summed E-state index contributed by atoms with van der Waals surface area (Å²) in [5, 5.41) is 2.14. The summed E-state index contributed by atoms with van der Waals surface area (Å²) in [5.41, 5.74) is 0.589. The van der Waals surface area contributed by atoms with Crippen molar-refractivity contribution in [2.24, 2.45) is 0 Å². The third kappa shape index (κ3) is 5.60. The van der Waals surface area contributed by atoms with Crippen LogP contribution in [0.25, 0.3) is 10.2 Å². The molecule has 2 saturated heterocycles. The van der Waals surface area contributed by atoms with Crippen LogP contribution in [0.5, 0.6) is 0 Å². The highest BCUT2D eigenvalue weighted by molar-refractivity contribution is 7.91. The lowest BCUT2D eigenvalue weighted by atomic mass is 10.2. The van der Waals surface area contributed by atoms with Crippen molar-refractivity contribution in [3.8, 4) is 0 Å². The molecule has 0 bridgehead atoms. The van der Waals surface area contributed by atoms with Gasteiger partial charge < -0.3 is 4.74 Å². The monoisotopic (exact) mass is 584 g/mol. The molecule has 1 atom stereocenters. The van der Waals surface area contributed by atoms with Crippen LogP contribution in [0, 0.1) is 0 Å². The largest absolute Gasteiger partial charge is 0.379 e. The first-order chi connectivity index (χ1) is 17.6. The molecule has 1 aromatic carbocycles. The van der Waals surface area contributed by atoms with E-state index in [2.05, 4.69) is 9.88 Å². The van der Waals surface area contributed by atoms with Gasteiger partial charge in [0, 0.05) is 39.0 Å². The first kappa shape index (κ1) is 26.7. The molecular formula is C23H28N4O6S4. The lowest BCUT2D eigenvalue weighted by Gasteiger charge is -2.31. The summed E-state index contributed by atoms with van der Waals surface area (Å²) in [6.07, 6.45) is 2.17. The van der Waals surface area contributed by atoms with E-state index in [1.54, 1.807) is 34.5 Å². The molecule has 2 aliphatic heterocycles. The quantitative estimate of drug-likeness (QED) is 0.396. The van der Waals surface area contributed by atoms with Gasteiger partial charge in [0.05, 0.1) is 28.3 Å². The molecule has 0 N–H and O–H groups in total. The third-order valence-electron chi connectivity index (χ3n) is 6.56. The molecule has 0 radical (unpaired) electrons. The summed E-state index contributed by atoms with van der Waals surface area (Å²) >= 11 is 2.37. The van der Waals surface area contributed by atoms with Gasteiger partial charge in [0.25, 0.3) is 10.0 Å². The zero-order chi connectivity index (χ0) is 26.2. The lowest BCUT2D eigenvalue weighted by molar-refractivity contribution is -0.121. The van der Waals surface area contributed by atoms with Crippen molar-refractivity contribution in [1.29, 1.82) is 0 Å². The number of hydrogen-bond acceptors (Lipinski definition) is 10. The van der Waals surface area contributed by atoms with Crippen molar-refractivity contribution in [1.82, 2.24) is 14.2 Å². The molecule has 5 rings (SSSR count). The number of anilines is 1. The maximum absolute atomic E-state index is 14.0. The number of carbonyl (C=O) groups is 1. The molecule has 2 fully saturated rings. The van der Waals surface area contributed by atoms with Crippen molar-refractivity contribution >= 4 is 63.8 Å². The number of aromatic nitrogens is 1. The number of fused-ring (bicyclic) bond motifs is 1. The highest BCUT2D eigenvalue weighted by Crippen LogP contribution is 2.34. The number of sulfonamides is 1. The smallest absolute Gasteiger partial charge is 0.253 e. The Morgan fingerprint density at radius 1 is 1.16 bits per heavy atom. The van der Waals surface area contributed by atoms with Gasteiger partial charge in [-0.2, -0.15) is 4.31 Å². The maximum Gasteiger partial charge on any atom is 0.253 e. The molecule has 10 nitrogen and oxygen atoms in total. The van der Waals surface area contributed by atoms with Gasteiger partial charge >= 0.3 is 0 Å². The average Bonchev–Trinajstić information content (AvgIpc) is 3.64. The summed E-state index contributed by atoms with van der Waals surface area (Å²) in [6, 6.07) is 7.13. The van der Waals surface area contributed by atoms with Gasteiger partial charge in [-0.15, -0.1) is 11.3 Å². The zero-order valence-corrected chi connectivity index (χ0v) is 23.5. The second kappa shape index (κ2) is 10.7. The molecule has 4 heterocycles. The number of morpholine rings is 1. The van der Waals surface area contributed by atoms with Crippen LogP contribution in [-0.2, 0) is 29.4 Å². The molecule has 1 unspecified atom stereocenters. The Morgan fingerprint density at radius 3 is 2.65 bits per heavy atom. The van der Waals surface area contributed by atoms with E-state index in [1.807, 2.05) is 0 Å². The van der Waals surface area contributed by atoms with E-state index < -0.39 is 25.9 Å². The first-order valence-electron chi connectivity index (χ1n) is 11.9. The van der Waals surface area contributed by atoms with Gasteiger partial charge in [0.15, 0.2) is 15.0 Å². The molecule has 0 spiro atoms. The van der Waals surface area contributed by atoms with E-state index in [0.29, 0.717) is 54.5 Å². The van der Waals surface area contributed by atoms with Crippen molar-refractivity contribution in [3.05, 3.63) is 35.7 Å². The Hall–Kier alpha value is -1.94. The summed E-state index contributed by atoms with van der Waals surface area (Å²) < 4.78 is 58.4. The van der Waals surface area contributed by atoms with Gasteiger partial charge in [0.2, 0.25) is 5.91 Å². The molecule has 37 heavy (non-hydrogen) atoms. The Kier molecular flexibility index (Phi) is 7.69. The van der Waals surface area contributed by atoms with Gasteiger partial charge in [-0.3, -0.25) is 14.6 Å². The molecule has 2 aliphatic rings. The Labute approximate surface area is 224 Å². The van der Waals surface area contributed by atoms with E-state index in [-0.39, 0.29) is 21.6 Å². The molecular weight excluding hydrogens is 557 g/mol. The number of thiophene rings is 1. The highest BCUT2D eigenvalue weighted by Gasteiger charge is 2.42. The number of rotatable bonds is 8. The second-order valence-corrected chi connectivity index (χ2v) is 15.1. The molecule has 0 saturated carbocycles. The minimum absolute atomic E-state index is 0.186. The van der Waals surface area contributed by atoms with Gasteiger partial charge in [0.1, 0.15) is 10.3 Å². The average molecular weight is 585 g/mol. The number of carbonyl (C=O) groups excluding carboxylic acids is 1. The van der Waals surface area contributed by atoms with Crippen LogP contribution in [0.3, 0.4) is 0 Å².